The van der Waals surface area contributed by atoms with E-state index in [1.807, 2.05) is 6.92 Å². The fraction of sp³-hybridized carbons (Fsp3) is 0.720. The zero-order valence-electron chi connectivity index (χ0n) is 22.6. The Labute approximate surface area is 212 Å². The normalized spacial score (nSPS) is 20.7. The Morgan fingerprint density at radius 1 is 1.14 bits per heavy atom. The van der Waals surface area contributed by atoms with Gasteiger partial charge in [0, 0.05) is 13.0 Å². The molecule has 0 aliphatic carbocycles. The molecule has 1 aromatic rings. The minimum atomic E-state index is -3.94. The van der Waals surface area contributed by atoms with E-state index >= 15 is 0 Å². The molecule has 1 aliphatic rings. The highest BCUT2D eigenvalue weighted by Gasteiger charge is 2.46. The second kappa shape index (κ2) is 10.9. The third-order valence-corrected chi connectivity index (χ3v) is 12.5. The van der Waals surface area contributed by atoms with Gasteiger partial charge < -0.3 is 14.3 Å². The first-order valence-electron chi connectivity index (χ1n) is 12.1. The second-order valence-corrected chi connectivity index (χ2v) is 18.3. The van der Waals surface area contributed by atoms with E-state index in [1.165, 1.54) is 17.0 Å². The van der Waals surface area contributed by atoms with E-state index < -0.39 is 42.3 Å². The lowest BCUT2D eigenvalue weighted by molar-refractivity contribution is 0.00155. The molecule has 3 atom stereocenters. The first-order chi connectivity index (χ1) is 15.8. The number of likely N-dealkylation sites (tertiary alicyclic amines) is 1. The van der Waals surface area contributed by atoms with Crippen molar-refractivity contribution in [2.45, 2.75) is 108 Å². The van der Waals surface area contributed by atoms with Crippen molar-refractivity contribution in [3.8, 4) is 0 Å². The lowest BCUT2D eigenvalue weighted by Crippen LogP contribution is -2.46. The van der Waals surface area contributed by atoms with Gasteiger partial charge in [-0.05, 0) is 64.4 Å². The van der Waals surface area contributed by atoms with Gasteiger partial charge in [0.2, 0.25) is 0 Å². The van der Waals surface area contributed by atoms with Crippen LogP contribution in [-0.2, 0) is 23.5 Å². The van der Waals surface area contributed by atoms with Gasteiger partial charge in [0.15, 0.2) is 8.32 Å². The fourth-order valence-corrected chi connectivity index (χ4v) is 5.92. The number of aryl methyl sites for hydroxylation is 1. The van der Waals surface area contributed by atoms with Gasteiger partial charge in [0.1, 0.15) is 5.60 Å². The van der Waals surface area contributed by atoms with Crippen molar-refractivity contribution in [2.75, 3.05) is 13.2 Å². The highest BCUT2D eigenvalue weighted by molar-refractivity contribution is 7.86. The summed E-state index contributed by atoms with van der Waals surface area (Å²) < 4.78 is 42.2. The van der Waals surface area contributed by atoms with Crippen LogP contribution in [0.2, 0.25) is 18.1 Å². The third kappa shape index (κ3) is 8.28. The van der Waals surface area contributed by atoms with Gasteiger partial charge >= 0.3 is 6.09 Å². The maximum atomic E-state index is 13.0. The Balaban J connectivity index is 2.10. The van der Waals surface area contributed by atoms with Crippen LogP contribution in [0.5, 0.6) is 0 Å². The molecule has 0 saturated carbocycles. The largest absolute Gasteiger partial charge is 0.444 e. The summed E-state index contributed by atoms with van der Waals surface area (Å²) in [5.74, 6) is 0. The number of aliphatic hydroxyl groups excluding tert-OH is 1. The van der Waals surface area contributed by atoms with E-state index in [1.54, 1.807) is 32.9 Å². The second-order valence-electron chi connectivity index (χ2n) is 11.9. The summed E-state index contributed by atoms with van der Waals surface area (Å²) in [7, 11) is -6.04. The zero-order valence-corrected chi connectivity index (χ0v) is 24.4. The maximum absolute atomic E-state index is 13.0. The summed E-state index contributed by atoms with van der Waals surface area (Å²) in [5.41, 5.74) is 0.258. The fourth-order valence-electron chi connectivity index (χ4n) is 3.64. The Hall–Kier alpha value is -1.46. The average molecular weight is 530 g/mol. The number of benzene rings is 1. The van der Waals surface area contributed by atoms with Gasteiger partial charge in [-0.2, -0.15) is 8.42 Å². The number of rotatable bonds is 8. The SMILES string of the molecule is Cc1ccc(S(=O)(=O)OCC[C@@H](O)[C@@H]2C[C@@H](O[Si](C)(C)C(C)(C)C)CN2C(=O)OC(C)(C)C)cc1. The molecule has 10 heteroatoms. The molecule has 35 heavy (non-hydrogen) atoms. The molecular weight excluding hydrogens is 486 g/mol. The summed E-state index contributed by atoms with van der Waals surface area (Å²) in [4.78, 5) is 14.5. The van der Waals surface area contributed by atoms with Gasteiger partial charge in [0.25, 0.3) is 10.1 Å². The number of carbonyl (C=O) groups excluding carboxylic acids is 1. The summed E-state index contributed by atoms with van der Waals surface area (Å²) in [6.07, 6.45) is -1.26. The molecule has 2 rings (SSSR count). The van der Waals surface area contributed by atoms with Crippen LogP contribution in [0.15, 0.2) is 29.2 Å². The maximum Gasteiger partial charge on any atom is 0.410 e. The van der Waals surface area contributed by atoms with E-state index in [2.05, 4.69) is 33.9 Å². The van der Waals surface area contributed by atoms with E-state index in [4.69, 9.17) is 13.3 Å². The Morgan fingerprint density at radius 2 is 1.71 bits per heavy atom. The van der Waals surface area contributed by atoms with Crippen LogP contribution in [0.4, 0.5) is 4.79 Å². The zero-order chi connectivity index (χ0) is 26.8. The number of aliphatic hydroxyl groups is 1. The molecule has 1 N–H and O–H groups in total. The average Bonchev–Trinajstić information content (AvgIpc) is 3.09. The number of carbonyl (C=O) groups is 1. The van der Waals surface area contributed by atoms with Crippen LogP contribution in [-0.4, -0.2) is 69.8 Å². The molecule has 1 amide bonds. The molecule has 1 aliphatic heterocycles. The predicted molar refractivity (Wildman–Crippen MR) is 138 cm³/mol. The first kappa shape index (κ1) is 29.8. The number of amides is 1. The van der Waals surface area contributed by atoms with Crippen molar-refractivity contribution >= 4 is 24.5 Å². The highest BCUT2D eigenvalue weighted by atomic mass is 32.2. The number of ether oxygens (including phenoxy) is 1. The molecule has 0 unspecified atom stereocenters. The Bertz CT molecular complexity index is 965. The number of hydrogen-bond acceptors (Lipinski definition) is 7. The molecule has 1 fully saturated rings. The molecule has 1 heterocycles. The van der Waals surface area contributed by atoms with Crippen molar-refractivity contribution in [3.05, 3.63) is 29.8 Å². The summed E-state index contributed by atoms with van der Waals surface area (Å²) in [6, 6.07) is 5.82. The Morgan fingerprint density at radius 3 is 2.23 bits per heavy atom. The van der Waals surface area contributed by atoms with Gasteiger partial charge in [-0.25, -0.2) is 4.79 Å². The van der Waals surface area contributed by atoms with Crippen LogP contribution >= 0.6 is 0 Å². The standard InChI is InChI=1S/C25H43NO7SSi/c1-18-10-12-20(13-11-18)34(29,30)31-15-14-22(27)21-16-19(33-35(8,9)25(5,6)7)17-26(21)23(28)32-24(2,3)4/h10-13,19,21-22,27H,14-17H2,1-9H3/t19-,21+,22-/m1/s1. The van der Waals surface area contributed by atoms with Crippen LogP contribution in [0.3, 0.4) is 0 Å². The van der Waals surface area contributed by atoms with Crippen LogP contribution in [0.1, 0.15) is 59.9 Å². The molecule has 1 saturated heterocycles. The van der Waals surface area contributed by atoms with Gasteiger partial charge in [-0.3, -0.25) is 9.08 Å². The van der Waals surface area contributed by atoms with Gasteiger partial charge in [0.05, 0.1) is 29.8 Å². The minimum absolute atomic E-state index is 0.00136. The van der Waals surface area contributed by atoms with E-state index in [0.717, 1.165) is 5.56 Å². The van der Waals surface area contributed by atoms with Crippen molar-refractivity contribution in [3.63, 3.8) is 0 Å². The lowest BCUT2D eigenvalue weighted by atomic mass is 10.1. The molecular formula is C25H43NO7SSi. The lowest BCUT2D eigenvalue weighted by Gasteiger charge is -2.38. The molecule has 200 valence electrons. The molecule has 1 aromatic carbocycles. The first-order valence-corrected chi connectivity index (χ1v) is 16.5. The van der Waals surface area contributed by atoms with Crippen molar-refractivity contribution in [1.29, 1.82) is 0 Å². The smallest absolute Gasteiger partial charge is 0.410 e. The quantitative estimate of drug-likeness (QED) is 0.379. The van der Waals surface area contributed by atoms with Crippen molar-refractivity contribution in [2.24, 2.45) is 0 Å². The van der Waals surface area contributed by atoms with Crippen LogP contribution < -0.4 is 0 Å². The van der Waals surface area contributed by atoms with Gasteiger partial charge in [-0.1, -0.05) is 38.5 Å². The molecule has 0 bridgehead atoms. The molecule has 8 nitrogen and oxygen atoms in total. The molecule has 0 aromatic heterocycles. The highest BCUT2D eigenvalue weighted by Crippen LogP contribution is 2.39. The van der Waals surface area contributed by atoms with Crippen LogP contribution in [0, 0.1) is 6.92 Å². The molecule has 0 spiro atoms. The van der Waals surface area contributed by atoms with Crippen LogP contribution in [0.25, 0.3) is 0 Å². The Kier molecular flexibility index (Phi) is 9.25. The minimum Gasteiger partial charge on any atom is -0.444 e. The summed E-state index contributed by atoms with van der Waals surface area (Å²) in [6.45, 7) is 18.1. The van der Waals surface area contributed by atoms with E-state index in [9.17, 15) is 18.3 Å². The summed E-state index contributed by atoms with van der Waals surface area (Å²) in [5, 5.41) is 11.0. The number of hydrogen-bond donors (Lipinski definition) is 1. The van der Waals surface area contributed by atoms with Crippen molar-refractivity contribution < 1.29 is 31.7 Å². The topological polar surface area (TPSA) is 102 Å². The third-order valence-electron chi connectivity index (χ3n) is 6.61. The monoisotopic (exact) mass is 529 g/mol. The van der Waals surface area contributed by atoms with Crippen molar-refractivity contribution in [1.82, 2.24) is 4.90 Å². The number of nitrogens with zero attached hydrogens (tertiary/aromatic N) is 1. The van der Waals surface area contributed by atoms with Gasteiger partial charge in [-0.15, -0.1) is 0 Å². The molecule has 0 radical (unpaired) electrons. The summed E-state index contributed by atoms with van der Waals surface area (Å²) >= 11 is 0. The predicted octanol–water partition coefficient (Wildman–Crippen LogP) is 4.85. The van der Waals surface area contributed by atoms with E-state index in [0.29, 0.717) is 13.0 Å². The van der Waals surface area contributed by atoms with E-state index in [-0.39, 0.29) is 29.1 Å².